The number of hydrogen-bond donors (Lipinski definition) is 2. The predicted octanol–water partition coefficient (Wildman–Crippen LogP) is 4.33. The molecule has 2 aromatic carbocycles. The van der Waals surface area contributed by atoms with E-state index in [9.17, 15) is 0 Å². The molecule has 0 radical (unpaired) electrons. The van der Waals surface area contributed by atoms with Gasteiger partial charge in [0.05, 0.1) is 0 Å². The van der Waals surface area contributed by atoms with Crippen LogP contribution in [0, 0.1) is 13.8 Å². The first-order valence-electron chi connectivity index (χ1n) is 10.0. The molecule has 0 amide bonds. The average molecular weight is 389 g/mol. The van der Waals surface area contributed by atoms with Crippen LogP contribution < -0.4 is 15.5 Å². The quantitative estimate of drug-likeness (QED) is 0.678. The number of anilines is 5. The molecule has 1 aromatic heterocycles. The third kappa shape index (κ3) is 4.66. The summed E-state index contributed by atoms with van der Waals surface area (Å²) in [5.41, 5.74) is 5.82. The zero-order valence-corrected chi connectivity index (χ0v) is 17.3. The Kier molecular flexibility index (Phi) is 5.62. The van der Waals surface area contributed by atoms with Crippen LogP contribution in [0.4, 0.5) is 28.7 Å². The van der Waals surface area contributed by atoms with Crippen molar-refractivity contribution < 1.29 is 0 Å². The van der Waals surface area contributed by atoms with Gasteiger partial charge in [-0.2, -0.15) is 0 Å². The monoisotopic (exact) mass is 388 g/mol. The van der Waals surface area contributed by atoms with E-state index in [0.29, 0.717) is 0 Å². The van der Waals surface area contributed by atoms with Gasteiger partial charge in [-0.25, -0.2) is 9.97 Å². The van der Waals surface area contributed by atoms with Gasteiger partial charge in [0.1, 0.15) is 18.0 Å². The summed E-state index contributed by atoms with van der Waals surface area (Å²) in [6.45, 7) is 8.58. The Balaban J connectivity index is 1.43. The van der Waals surface area contributed by atoms with Gasteiger partial charge in [-0.1, -0.05) is 12.1 Å². The van der Waals surface area contributed by atoms with Crippen molar-refractivity contribution in [2.24, 2.45) is 0 Å². The van der Waals surface area contributed by atoms with Gasteiger partial charge >= 0.3 is 0 Å². The minimum absolute atomic E-state index is 0.764. The van der Waals surface area contributed by atoms with Crippen molar-refractivity contribution in [1.82, 2.24) is 14.9 Å². The van der Waals surface area contributed by atoms with E-state index in [4.69, 9.17) is 0 Å². The second-order valence-electron chi connectivity index (χ2n) is 7.62. The lowest BCUT2D eigenvalue weighted by molar-refractivity contribution is 0.313. The first-order chi connectivity index (χ1) is 14.1. The molecule has 2 N–H and O–H groups in total. The second-order valence-corrected chi connectivity index (χ2v) is 7.62. The lowest BCUT2D eigenvalue weighted by atomic mass is 10.1. The van der Waals surface area contributed by atoms with E-state index in [0.717, 1.165) is 49.2 Å². The number of aryl methyl sites for hydroxylation is 1. The van der Waals surface area contributed by atoms with Gasteiger partial charge in [0.15, 0.2) is 0 Å². The topological polar surface area (TPSA) is 56.3 Å². The van der Waals surface area contributed by atoms with E-state index in [2.05, 4.69) is 87.7 Å². The number of nitrogens with zero attached hydrogens (tertiary/aromatic N) is 4. The molecule has 6 nitrogen and oxygen atoms in total. The lowest BCUT2D eigenvalue weighted by Gasteiger charge is -2.34. The van der Waals surface area contributed by atoms with E-state index in [1.807, 2.05) is 12.1 Å². The van der Waals surface area contributed by atoms with Crippen LogP contribution in [0.3, 0.4) is 0 Å². The molecule has 0 saturated carbocycles. The highest BCUT2D eigenvalue weighted by atomic mass is 15.2. The number of rotatable bonds is 5. The smallest absolute Gasteiger partial charge is 0.135 e. The van der Waals surface area contributed by atoms with Crippen LogP contribution in [0.15, 0.2) is 54.9 Å². The third-order valence-corrected chi connectivity index (χ3v) is 5.54. The molecule has 3 aromatic rings. The van der Waals surface area contributed by atoms with Crippen molar-refractivity contribution >= 4 is 28.7 Å². The fraction of sp³-hybridized carbons (Fsp3) is 0.304. The fourth-order valence-electron chi connectivity index (χ4n) is 3.49. The van der Waals surface area contributed by atoms with Crippen LogP contribution in [0.5, 0.6) is 0 Å². The normalized spacial score (nSPS) is 14.7. The van der Waals surface area contributed by atoms with Crippen molar-refractivity contribution in [2.45, 2.75) is 13.8 Å². The molecular weight excluding hydrogens is 360 g/mol. The Bertz CT molecular complexity index is 961. The Morgan fingerprint density at radius 2 is 1.52 bits per heavy atom. The molecule has 6 heteroatoms. The van der Waals surface area contributed by atoms with Gasteiger partial charge in [-0.3, -0.25) is 0 Å². The minimum Gasteiger partial charge on any atom is -0.369 e. The second kappa shape index (κ2) is 8.49. The summed E-state index contributed by atoms with van der Waals surface area (Å²) in [6.07, 6.45) is 1.58. The first kappa shape index (κ1) is 19.2. The number of likely N-dealkylation sites (N-methyl/N-ethyl adjacent to an activating group) is 1. The first-order valence-corrected chi connectivity index (χ1v) is 10.0. The van der Waals surface area contributed by atoms with E-state index >= 15 is 0 Å². The highest BCUT2D eigenvalue weighted by Crippen LogP contribution is 2.24. The molecule has 1 aliphatic heterocycles. The number of benzene rings is 2. The predicted molar refractivity (Wildman–Crippen MR) is 121 cm³/mol. The molecule has 29 heavy (non-hydrogen) atoms. The van der Waals surface area contributed by atoms with Crippen LogP contribution in [-0.2, 0) is 0 Å². The van der Waals surface area contributed by atoms with Crippen molar-refractivity contribution in [3.8, 4) is 0 Å². The molecule has 1 aliphatic rings. The fourth-order valence-corrected chi connectivity index (χ4v) is 3.49. The molecule has 0 spiro atoms. The van der Waals surface area contributed by atoms with Crippen molar-refractivity contribution in [1.29, 1.82) is 0 Å². The largest absolute Gasteiger partial charge is 0.369 e. The van der Waals surface area contributed by atoms with Crippen LogP contribution >= 0.6 is 0 Å². The highest BCUT2D eigenvalue weighted by Gasteiger charge is 2.14. The molecule has 0 unspecified atom stereocenters. The minimum atomic E-state index is 0.764. The van der Waals surface area contributed by atoms with E-state index < -0.39 is 0 Å². The summed E-state index contributed by atoms with van der Waals surface area (Å²) in [5, 5.41) is 6.77. The average Bonchev–Trinajstić information content (AvgIpc) is 2.73. The highest BCUT2D eigenvalue weighted by molar-refractivity contribution is 5.66. The third-order valence-electron chi connectivity index (χ3n) is 5.54. The van der Waals surface area contributed by atoms with Crippen LogP contribution in [-0.4, -0.2) is 48.1 Å². The maximum absolute atomic E-state index is 4.36. The van der Waals surface area contributed by atoms with Crippen molar-refractivity contribution in [3.63, 3.8) is 0 Å². The van der Waals surface area contributed by atoms with Gasteiger partial charge in [0.25, 0.3) is 0 Å². The molecule has 1 saturated heterocycles. The summed E-state index contributed by atoms with van der Waals surface area (Å²) < 4.78 is 0. The maximum atomic E-state index is 4.36. The van der Waals surface area contributed by atoms with Gasteiger partial charge in [0.2, 0.25) is 0 Å². The van der Waals surface area contributed by atoms with E-state index in [-0.39, 0.29) is 0 Å². The zero-order chi connectivity index (χ0) is 20.2. The van der Waals surface area contributed by atoms with Gasteiger partial charge in [-0.05, 0) is 62.4 Å². The summed E-state index contributed by atoms with van der Waals surface area (Å²) in [6, 6.07) is 16.7. The van der Waals surface area contributed by atoms with Gasteiger partial charge in [-0.15, -0.1) is 0 Å². The Morgan fingerprint density at radius 3 is 2.24 bits per heavy atom. The van der Waals surface area contributed by atoms with Crippen LogP contribution in [0.25, 0.3) is 0 Å². The van der Waals surface area contributed by atoms with Crippen molar-refractivity contribution in [3.05, 3.63) is 66.0 Å². The van der Waals surface area contributed by atoms with E-state index in [1.54, 1.807) is 6.33 Å². The Morgan fingerprint density at radius 1 is 0.828 bits per heavy atom. The molecule has 2 heterocycles. The Hall–Kier alpha value is -3.12. The SMILES string of the molecule is Cc1cccc(Nc2cc(Nc3ccc(N4CCN(C)CC4)cc3)ncn2)c1C. The van der Waals surface area contributed by atoms with E-state index in [1.165, 1.54) is 16.8 Å². The van der Waals surface area contributed by atoms with Gasteiger partial charge in [0, 0.05) is 49.3 Å². The molecule has 1 fully saturated rings. The molecule has 150 valence electrons. The number of nitrogens with one attached hydrogen (secondary N) is 2. The van der Waals surface area contributed by atoms with Crippen LogP contribution in [0.2, 0.25) is 0 Å². The van der Waals surface area contributed by atoms with Crippen LogP contribution in [0.1, 0.15) is 11.1 Å². The maximum Gasteiger partial charge on any atom is 0.135 e. The lowest BCUT2D eigenvalue weighted by Crippen LogP contribution is -2.44. The number of hydrogen-bond acceptors (Lipinski definition) is 6. The molecule has 0 bridgehead atoms. The summed E-state index contributed by atoms with van der Waals surface area (Å²) in [4.78, 5) is 13.5. The Labute approximate surface area is 172 Å². The molecule has 0 aliphatic carbocycles. The molecule has 4 rings (SSSR count). The number of piperazine rings is 1. The standard InChI is InChI=1S/C23H28N6/c1-17-5-4-6-21(18(17)2)27-23-15-22(24-16-25-23)26-19-7-9-20(10-8-19)29-13-11-28(3)12-14-29/h4-10,15-16H,11-14H2,1-3H3,(H2,24,25,26,27). The van der Waals surface area contributed by atoms with Gasteiger partial charge < -0.3 is 20.4 Å². The summed E-state index contributed by atoms with van der Waals surface area (Å²) in [7, 11) is 2.18. The summed E-state index contributed by atoms with van der Waals surface area (Å²) in [5.74, 6) is 1.53. The van der Waals surface area contributed by atoms with Crippen molar-refractivity contribution in [2.75, 3.05) is 48.8 Å². The summed E-state index contributed by atoms with van der Waals surface area (Å²) >= 11 is 0. The molecular formula is C23H28N6. The zero-order valence-electron chi connectivity index (χ0n) is 17.3. The number of aromatic nitrogens is 2. The molecule has 0 atom stereocenters.